The van der Waals surface area contributed by atoms with Crippen LogP contribution >= 0.6 is 10.7 Å². The van der Waals surface area contributed by atoms with Crippen molar-refractivity contribution in [2.45, 2.75) is 6.42 Å². The van der Waals surface area contributed by atoms with Crippen LogP contribution in [-0.2, 0) is 9.05 Å². The summed E-state index contributed by atoms with van der Waals surface area (Å²) in [5.41, 5.74) is 0. The van der Waals surface area contributed by atoms with Crippen molar-refractivity contribution in [3.63, 3.8) is 0 Å². The van der Waals surface area contributed by atoms with Gasteiger partial charge in [-0.05, 0) is 18.6 Å². The first-order chi connectivity index (χ1) is 7.38. The molecule has 0 unspecified atom stereocenters. The van der Waals surface area contributed by atoms with Crippen molar-refractivity contribution in [1.29, 1.82) is 0 Å². The van der Waals surface area contributed by atoms with Crippen LogP contribution in [0.15, 0.2) is 18.2 Å². The third-order valence-corrected chi connectivity index (χ3v) is 2.92. The van der Waals surface area contributed by atoms with Gasteiger partial charge in [0.2, 0.25) is 9.05 Å². The molecule has 0 amide bonds. The normalized spacial score (nSPS) is 11.4. The average Bonchev–Trinajstić information content (AvgIpc) is 2.16. The zero-order chi connectivity index (χ0) is 12.2. The Balaban J connectivity index is 2.46. The van der Waals surface area contributed by atoms with Gasteiger partial charge in [-0.2, -0.15) is 0 Å². The van der Waals surface area contributed by atoms with E-state index in [-0.39, 0.29) is 24.5 Å². The minimum absolute atomic E-state index is 0.0493. The number of benzene rings is 1. The molecule has 3 nitrogen and oxygen atoms in total. The Kier molecular flexibility index (Phi) is 4.49. The standard InChI is InChI=1S/C9H9ClF2O3S/c10-16(13,14)5-1-4-15-9-6-7(11)2-3-8(9)12/h2-3,6H,1,4-5H2. The van der Waals surface area contributed by atoms with Gasteiger partial charge in [0, 0.05) is 16.7 Å². The summed E-state index contributed by atoms with van der Waals surface area (Å²) in [6.07, 6.45) is 0.113. The summed E-state index contributed by atoms with van der Waals surface area (Å²) in [5, 5.41) is 0. The highest BCUT2D eigenvalue weighted by atomic mass is 35.7. The lowest BCUT2D eigenvalue weighted by atomic mass is 10.3. The van der Waals surface area contributed by atoms with Gasteiger partial charge in [0.1, 0.15) is 5.82 Å². The van der Waals surface area contributed by atoms with Crippen LogP contribution in [0.1, 0.15) is 6.42 Å². The first-order valence-corrected chi connectivity index (χ1v) is 6.86. The SMILES string of the molecule is O=S(=O)(Cl)CCCOc1cc(F)ccc1F. The summed E-state index contributed by atoms with van der Waals surface area (Å²) in [6, 6.07) is 2.79. The molecule has 0 aromatic heterocycles. The van der Waals surface area contributed by atoms with Gasteiger partial charge in [0.05, 0.1) is 12.4 Å². The van der Waals surface area contributed by atoms with Crippen LogP contribution in [0.5, 0.6) is 5.75 Å². The second-order valence-electron chi connectivity index (χ2n) is 3.02. The zero-order valence-corrected chi connectivity index (χ0v) is 9.69. The second kappa shape index (κ2) is 5.45. The summed E-state index contributed by atoms with van der Waals surface area (Å²) in [6.45, 7) is -0.0493. The van der Waals surface area contributed by atoms with Gasteiger partial charge >= 0.3 is 0 Å². The van der Waals surface area contributed by atoms with Crippen LogP contribution in [-0.4, -0.2) is 20.8 Å². The van der Waals surface area contributed by atoms with Crippen LogP contribution in [0.4, 0.5) is 8.78 Å². The molecule has 0 saturated heterocycles. The topological polar surface area (TPSA) is 43.4 Å². The molecule has 7 heteroatoms. The molecule has 0 aliphatic heterocycles. The number of hydrogen-bond donors (Lipinski definition) is 0. The Hall–Kier alpha value is -0.880. The Bertz CT molecular complexity index is 462. The van der Waals surface area contributed by atoms with E-state index in [1.807, 2.05) is 0 Å². The van der Waals surface area contributed by atoms with Gasteiger partial charge in [-0.1, -0.05) is 0 Å². The lowest BCUT2D eigenvalue weighted by Crippen LogP contribution is -2.05. The maximum atomic E-state index is 13.0. The molecular weight excluding hydrogens is 262 g/mol. The molecule has 0 bridgehead atoms. The molecule has 1 aromatic rings. The number of rotatable bonds is 5. The molecule has 0 heterocycles. The van der Waals surface area contributed by atoms with Crippen molar-refractivity contribution in [2.75, 3.05) is 12.4 Å². The molecular formula is C9H9ClF2O3S. The Morgan fingerprint density at radius 3 is 2.62 bits per heavy atom. The Morgan fingerprint density at radius 2 is 2.00 bits per heavy atom. The smallest absolute Gasteiger partial charge is 0.232 e. The van der Waals surface area contributed by atoms with Gasteiger partial charge in [0.25, 0.3) is 0 Å². The van der Waals surface area contributed by atoms with Crippen molar-refractivity contribution in [2.24, 2.45) is 0 Å². The highest BCUT2D eigenvalue weighted by molar-refractivity contribution is 8.13. The van der Waals surface area contributed by atoms with Crippen LogP contribution in [0.2, 0.25) is 0 Å². The molecule has 0 aliphatic rings. The molecule has 1 rings (SSSR count). The highest BCUT2D eigenvalue weighted by Gasteiger charge is 2.07. The first-order valence-electron chi connectivity index (χ1n) is 4.39. The maximum absolute atomic E-state index is 13.0. The number of ether oxygens (including phenoxy) is 1. The van der Waals surface area contributed by atoms with E-state index in [2.05, 4.69) is 0 Å². The van der Waals surface area contributed by atoms with E-state index >= 15 is 0 Å². The summed E-state index contributed by atoms with van der Waals surface area (Å²) >= 11 is 0. The van der Waals surface area contributed by atoms with Gasteiger partial charge in [-0.25, -0.2) is 17.2 Å². The Morgan fingerprint density at radius 1 is 1.31 bits per heavy atom. The fourth-order valence-corrected chi connectivity index (χ4v) is 1.79. The first kappa shape index (κ1) is 13.2. The van der Waals surface area contributed by atoms with Crippen molar-refractivity contribution in [3.8, 4) is 5.75 Å². The van der Waals surface area contributed by atoms with Crippen molar-refractivity contribution < 1.29 is 21.9 Å². The number of hydrogen-bond acceptors (Lipinski definition) is 3. The quantitative estimate of drug-likeness (QED) is 0.609. The minimum Gasteiger partial charge on any atom is -0.490 e. The summed E-state index contributed by atoms with van der Waals surface area (Å²) in [4.78, 5) is 0. The molecule has 16 heavy (non-hydrogen) atoms. The minimum atomic E-state index is -3.57. The van der Waals surface area contributed by atoms with Crippen molar-refractivity contribution in [1.82, 2.24) is 0 Å². The fourth-order valence-electron chi connectivity index (χ4n) is 1.00. The van der Waals surface area contributed by atoms with E-state index in [1.165, 1.54) is 0 Å². The van der Waals surface area contributed by atoms with E-state index in [1.54, 1.807) is 0 Å². The second-order valence-corrected chi connectivity index (χ2v) is 5.92. The average molecular weight is 271 g/mol. The van der Waals surface area contributed by atoms with Crippen LogP contribution in [0.25, 0.3) is 0 Å². The Labute approximate surface area is 96.4 Å². The molecule has 90 valence electrons. The van der Waals surface area contributed by atoms with Gasteiger partial charge < -0.3 is 4.74 Å². The summed E-state index contributed by atoms with van der Waals surface area (Å²) in [5.74, 6) is -1.84. The molecule has 0 N–H and O–H groups in total. The van der Waals surface area contributed by atoms with E-state index in [0.717, 1.165) is 18.2 Å². The molecule has 0 radical (unpaired) electrons. The van der Waals surface area contributed by atoms with Gasteiger partial charge in [-0.3, -0.25) is 0 Å². The summed E-state index contributed by atoms with van der Waals surface area (Å²) < 4.78 is 51.6. The van der Waals surface area contributed by atoms with E-state index in [9.17, 15) is 17.2 Å². The van der Waals surface area contributed by atoms with Gasteiger partial charge in [0.15, 0.2) is 11.6 Å². The lowest BCUT2D eigenvalue weighted by molar-refractivity contribution is 0.300. The third kappa shape index (κ3) is 4.76. The molecule has 0 saturated carbocycles. The predicted octanol–water partition coefficient (Wildman–Crippen LogP) is 2.30. The fraction of sp³-hybridized carbons (Fsp3) is 0.333. The molecule has 0 atom stereocenters. The van der Waals surface area contributed by atoms with E-state index < -0.39 is 20.7 Å². The monoisotopic (exact) mass is 270 g/mol. The van der Waals surface area contributed by atoms with Crippen LogP contribution < -0.4 is 4.74 Å². The van der Waals surface area contributed by atoms with E-state index in [4.69, 9.17) is 15.4 Å². The van der Waals surface area contributed by atoms with E-state index in [0.29, 0.717) is 0 Å². The van der Waals surface area contributed by atoms with Gasteiger partial charge in [-0.15, -0.1) is 0 Å². The maximum Gasteiger partial charge on any atom is 0.232 e. The summed E-state index contributed by atoms with van der Waals surface area (Å²) in [7, 11) is 1.38. The molecule has 0 spiro atoms. The largest absolute Gasteiger partial charge is 0.490 e. The lowest BCUT2D eigenvalue weighted by Gasteiger charge is -2.06. The predicted molar refractivity (Wildman–Crippen MR) is 56.1 cm³/mol. The third-order valence-electron chi connectivity index (χ3n) is 1.68. The van der Waals surface area contributed by atoms with Crippen molar-refractivity contribution >= 4 is 19.7 Å². The molecule has 0 aliphatic carbocycles. The number of halogens is 3. The van der Waals surface area contributed by atoms with Crippen LogP contribution in [0, 0.1) is 11.6 Å². The molecule has 0 fully saturated rings. The highest BCUT2D eigenvalue weighted by Crippen LogP contribution is 2.18. The van der Waals surface area contributed by atoms with Crippen molar-refractivity contribution in [3.05, 3.63) is 29.8 Å². The zero-order valence-electron chi connectivity index (χ0n) is 8.12. The van der Waals surface area contributed by atoms with Crippen LogP contribution in [0.3, 0.4) is 0 Å². The molecule has 1 aromatic carbocycles.